The maximum Gasteiger partial charge on any atom is 0.148 e. The minimum absolute atomic E-state index is 0.547. The standard InChI is InChI=1S/C13H20N4/c1-9-7-14-10(2)13(15-9)16-11-5-6-17(8-11)12-3-4-12/h7,11-12H,3-6,8H2,1-2H3,(H,15,16). The third-order valence-corrected chi connectivity index (χ3v) is 3.70. The molecule has 1 atom stereocenters. The number of nitrogens with zero attached hydrogens (tertiary/aromatic N) is 3. The Balaban J connectivity index is 1.64. The van der Waals surface area contributed by atoms with E-state index in [1.807, 2.05) is 20.0 Å². The van der Waals surface area contributed by atoms with Crippen LogP contribution in [-0.4, -0.2) is 40.0 Å². The predicted octanol–water partition coefficient (Wildman–Crippen LogP) is 1.74. The summed E-state index contributed by atoms with van der Waals surface area (Å²) in [6, 6.07) is 1.43. The van der Waals surface area contributed by atoms with E-state index < -0.39 is 0 Å². The number of hydrogen-bond acceptors (Lipinski definition) is 4. The number of aryl methyl sites for hydroxylation is 2. The highest BCUT2D eigenvalue weighted by molar-refractivity contribution is 5.41. The van der Waals surface area contributed by atoms with Crippen molar-refractivity contribution in [3.63, 3.8) is 0 Å². The van der Waals surface area contributed by atoms with Crippen LogP contribution in [0.25, 0.3) is 0 Å². The summed E-state index contributed by atoms with van der Waals surface area (Å²) in [5.41, 5.74) is 1.98. The lowest BCUT2D eigenvalue weighted by atomic mass is 10.2. The molecular weight excluding hydrogens is 212 g/mol. The normalized spacial score (nSPS) is 25.2. The predicted molar refractivity (Wildman–Crippen MR) is 68.1 cm³/mol. The molecule has 2 heterocycles. The molecule has 1 saturated carbocycles. The van der Waals surface area contributed by atoms with Crippen LogP contribution < -0.4 is 5.32 Å². The molecule has 1 saturated heterocycles. The third-order valence-electron chi connectivity index (χ3n) is 3.70. The summed E-state index contributed by atoms with van der Waals surface area (Å²) < 4.78 is 0. The van der Waals surface area contributed by atoms with E-state index in [1.54, 1.807) is 0 Å². The molecule has 4 nitrogen and oxygen atoms in total. The van der Waals surface area contributed by atoms with Gasteiger partial charge in [0.1, 0.15) is 5.82 Å². The minimum atomic E-state index is 0.547. The second-order valence-corrected chi connectivity index (χ2v) is 5.30. The summed E-state index contributed by atoms with van der Waals surface area (Å²) in [4.78, 5) is 11.5. The fourth-order valence-corrected chi connectivity index (χ4v) is 2.54. The largest absolute Gasteiger partial charge is 0.364 e. The first-order valence-electron chi connectivity index (χ1n) is 6.53. The van der Waals surface area contributed by atoms with Gasteiger partial charge in [0.25, 0.3) is 0 Å². The van der Waals surface area contributed by atoms with Gasteiger partial charge < -0.3 is 5.32 Å². The molecule has 0 aromatic carbocycles. The molecule has 0 radical (unpaired) electrons. The van der Waals surface area contributed by atoms with Gasteiger partial charge in [0.05, 0.1) is 11.4 Å². The van der Waals surface area contributed by atoms with Crippen molar-refractivity contribution in [3.8, 4) is 0 Å². The van der Waals surface area contributed by atoms with Crippen LogP contribution in [0.2, 0.25) is 0 Å². The maximum atomic E-state index is 4.53. The van der Waals surface area contributed by atoms with Gasteiger partial charge in [0, 0.05) is 31.4 Å². The van der Waals surface area contributed by atoms with Crippen LogP contribution in [0.15, 0.2) is 6.20 Å². The van der Waals surface area contributed by atoms with E-state index >= 15 is 0 Å². The Morgan fingerprint density at radius 2 is 2.12 bits per heavy atom. The van der Waals surface area contributed by atoms with Crippen LogP contribution in [-0.2, 0) is 0 Å². The van der Waals surface area contributed by atoms with E-state index in [9.17, 15) is 0 Å². The molecule has 0 bridgehead atoms. The molecule has 92 valence electrons. The van der Waals surface area contributed by atoms with Gasteiger partial charge in [-0.1, -0.05) is 0 Å². The van der Waals surface area contributed by atoms with Crippen LogP contribution in [0, 0.1) is 13.8 Å². The Morgan fingerprint density at radius 1 is 1.29 bits per heavy atom. The first-order chi connectivity index (χ1) is 8.22. The lowest BCUT2D eigenvalue weighted by Gasteiger charge is -2.17. The summed E-state index contributed by atoms with van der Waals surface area (Å²) in [5, 5.41) is 3.55. The van der Waals surface area contributed by atoms with Crippen molar-refractivity contribution in [3.05, 3.63) is 17.6 Å². The third kappa shape index (κ3) is 2.41. The van der Waals surface area contributed by atoms with Crippen molar-refractivity contribution in [2.75, 3.05) is 18.4 Å². The van der Waals surface area contributed by atoms with Gasteiger partial charge in [0.15, 0.2) is 0 Å². The molecule has 0 spiro atoms. The average molecular weight is 232 g/mol. The Labute approximate surface area is 102 Å². The molecule has 1 aliphatic carbocycles. The van der Waals surface area contributed by atoms with E-state index in [0.717, 1.165) is 23.2 Å². The van der Waals surface area contributed by atoms with E-state index in [2.05, 4.69) is 20.2 Å². The summed E-state index contributed by atoms with van der Waals surface area (Å²) in [5.74, 6) is 0.965. The van der Waals surface area contributed by atoms with Crippen LogP contribution in [0.3, 0.4) is 0 Å². The van der Waals surface area contributed by atoms with Crippen LogP contribution >= 0.6 is 0 Å². The highest BCUT2D eigenvalue weighted by atomic mass is 15.2. The van der Waals surface area contributed by atoms with E-state index in [1.165, 1.54) is 32.4 Å². The van der Waals surface area contributed by atoms with Crippen molar-refractivity contribution in [2.45, 2.75) is 45.2 Å². The molecule has 2 aliphatic rings. The summed E-state index contributed by atoms with van der Waals surface area (Å²) in [6.07, 6.45) is 5.85. The molecule has 0 amide bonds. The molecule has 1 N–H and O–H groups in total. The van der Waals surface area contributed by atoms with Crippen LogP contribution in [0.4, 0.5) is 5.82 Å². The number of rotatable bonds is 3. The molecule has 1 unspecified atom stereocenters. The molecule has 4 heteroatoms. The van der Waals surface area contributed by atoms with E-state index in [-0.39, 0.29) is 0 Å². The molecule has 2 fully saturated rings. The van der Waals surface area contributed by atoms with Gasteiger partial charge >= 0.3 is 0 Å². The molecule has 1 aromatic rings. The van der Waals surface area contributed by atoms with E-state index in [0.29, 0.717) is 6.04 Å². The number of likely N-dealkylation sites (tertiary alicyclic amines) is 1. The number of anilines is 1. The quantitative estimate of drug-likeness (QED) is 0.862. The summed E-state index contributed by atoms with van der Waals surface area (Å²) in [6.45, 7) is 6.41. The smallest absolute Gasteiger partial charge is 0.148 e. The average Bonchev–Trinajstić information content (AvgIpc) is 3.05. The fourth-order valence-electron chi connectivity index (χ4n) is 2.54. The Kier molecular flexibility index (Phi) is 2.74. The van der Waals surface area contributed by atoms with Crippen molar-refractivity contribution < 1.29 is 0 Å². The van der Waals surface area contributed by atoms with Gasteiger partial charge in [-0.3, -0.25) is 9.88 Å². The maximum absolute atomic E-state index is 4.53. The molecule has 3 rings (SSSR count). The lowest BCUT2D eigenvalue weighted by molar-refractivity contribution is 0.326. The Morgan fingerprint density at radius 3 is 2.88 bits per heavy atom. The fraction of sp³-hybridized carbons (Fsp3) is 0.692. The van der Waals surface area contributed by atoms with Gasteiger partial charge in [0.2, 0.25) is 0 Å². The van der Waals surface area contributed by atoms with Crippen molar-refractivity contribution >= 4 is 5.82 Å². The number of hydrogen-bond donors (Lipinski definition) is 1. The van der Waals surface area contributed by atoms with Crippen molar-refractivity contribution in [1.82, 2.24) is 14.9 Å². The monoisotopic (exact) mass is 232 g/mol. The zero-order valence-corrected chi connectivity index (χ0v) is 10.6. The first-order valence-corrected chi connectivity index (χ1v) is 6.53. The number of nitrogens with one attached hydrogen (secondary N) is 1. The Bertz CT molecular complexity index is 414. The highest BCUT2D eigenvalue weighted by Gasteiger charge is 2.34. The topological polar surface area (TPSA) is 41.1 Å². The zero-order chi connectivity index (χ0) is 11.8. The molecule has 1 aromatic heterocycles. The number of aromatic nitrogens is 2. The van der Waals surface area contributed by atoms with Crippen molar-refractivity contribution in [1.29, 1.82) is 0 Å². The zero-order valence-electron chi connectivity index (χ0n) is 10.6. The molecule has 1 aliphatic heterocycles. The van der Waals surface area contributed by atoms with Crippen LogP contribution in [0.1, 0.15) is 30.7 Å². The Hall–Kier alpha value is -1.16. The summed E-state index contributed by atoms with van der Waals surface area (Å²) >= 11 is 0. The lowest BCUT2D eigenvalue weighted by Crippen LogP contribution is -2.28. The summed E-state index contributed by atoms with van der Waals surface area (Å²) in [7, 11) is 0. The SMILES string of the molecule is Cc1cnc(C)c(NC2CCN(C3CC3)C2)n1. The van der Waals surface area contributed by atoms with Gasteiger partial charge in [-0.05, 0) is 33.1 Å². The van der Waals surface area contributed by atoms with Crippen LogP contribution in [0.5, 0.6) is 0 Å². The van der Waals surface area contributed by atoms with E-state index in [4.69, 9.17) is 0 Å². The minimum Gasteiger partial charge on any atom is -0.364 e. The molecule has 17 heavy (non-hydrogen) atoms. The van der Waals surface area contributed by atoms with Gasteiger partial charge in [-0.25, -0.2) is 4.98 Å². The highest BCUT2D eigenvalue weighted by Crippen LogP contribution is 2.30. The van der Waals surface area contributed by atoms with Crippen molar-refractivity contribution in [2.24, 2.45) is 0 Å². The first kappa shape index (κ1) is 11.0. The second-order valence-electron chi connectivity index (χ2n) is 5.30. The van der Waals surface area contributed by atoms with Gasteiger partial charge in [-0.15, -0.1) is 0 Å². The molecular formula is C13H20N4. The van der Waals surface area contributed by atoms with Gasteiger partial charge in [-0.2, -0.15) is 0 Å². The second kappa shape index (κ2) is 4.26.